The largest absolute Gasteiger partial charge is 0.352 e. The van der Waals surface area contributed by atoms with Crippen LogP contribution < -0.4 is 16.0 Å². The topological polar surface area (TPSA) is 83.1 Å². The second-order valence-corrected chi connectivity index (χ2v) is 7.80. The van der Waals surface area contributed by atoms with E-state index in [1.165, 1.54) is 0 Å². The third-order valence-electron chi connectivity index (χ3n) is 4.78. The van der Waals surface area contributed by atoms with Crippen LogP contribution >= 0.6 is 0 Å². The highest BCUT2D eigenvalue weighted by atomic mass is 16.2. The number of hydrogen-bond donors (Lipinski definition) is 3. The lowest BCUT2D eigenvalue weighted by atomic mass is 10.0. The zero-order chi connectivity index (χ0) is 20.1. The summed E-state index contributed by atoms with van der Waals surface area (Å²) in [5.41, 5.74) is 3.10. The number of hydrogen-bond acceptors (Lipinski definition) is 3. The summed E-state index contributed by atoms with van der Waals surface area (Å²) < 4.78 is 0. The van der Waals surface area contributed by atoms with Gasteiger partial charge in [0.05, 0.1) is 11.7 Å². The summed E-state index contributed by atoms with van der Waals surface area (Å²) >= 11 is 0. The maximum Gasteiger partial charge on any atom is 0.319 e. The molecule has 0 unspecified atom stereocenters. The predicted octanol–water partition coefficient (Wildman–Crippen LogP) is 4.05. The molecule has 0 radical (unpaired) electrons. The molecule has 148 valence electrons. The Hall–Kier alpha value is -2.89. The Morgan fingerprint density at radius 3 is 2.64 bits per heavy atom. The van der Waals surface area contributed by atoms with Crippen molar-refractivity contribution in [2.75, 3.05) is 11.9 Å². The molecule has 1 aromatic carbocycles. The third-order valence-corrected chi connectivity index (χ3v) is 4.78. The average molecular weight is 380 g/mol. The number of aryl methyl sites for hydroxylation is 1. The van der Waals surface area contributed by atoms with Gasteiger partial charge < -0.3 is 16.0 Å². The molecule has 0 saturated heterocycles. The molecule has 3 rings (SSSR count). The van der Waals surface area contributed by atoms with Crippen molar-refractivity contribution in [3.63, 3.8) is 0 Å². The fourth-order valence-electron chi connectivity index (χ4n) is 3.11. The second-order valence-electron chi connectivity index (χ2n) is 7.80. The molecule has 3 amide bonds. The first kappa shape index (κ1) is 19.9. The van der Waals surface area contributed by atoms with Crippen LogP contribution in [0.5, 0.6) is 0 Å². The number of nitrogens with zero attached hydrogens (tertiary/aromatic N) is 1. The molecule has 1 heterocycles. The molecule has 1 fully saturated rings. The highest BCUT2D eigenvalue weighted by Gasteiger charge is 2.35. The van der Waals surface area contributed by atoms with Gasteiger partial charge in [0.15, 0.2) is 0 Å². The number of urea groups is 1. The van der Waals surface area contributed by atoms with Crippen molar-refractivity contribution >= 4 is 17.6 Å². The summed E-state index contributed by atoms with van der Waals surface area (Å²) in [5, 5.41) is 8.79. The minimum atomic E-state index is -0.290. The number of carbonyl (C=O) groups excluding carboxylic acids is 2. The first-order chi connectivity index (χ1) is 13.4. The Labute approximate surface area is 166 Å². The summed E-state index contributed by atoms with van der Waals surface area (Å²) in [4.78, 5) is 29.3. The van der Waals surface area contributed by atoms with Gasteiger partial charge >= 0.3 is 6.03 Å². The van der Waals surface area contributed by atoms with Crippen molar-refractivity contribution in [2.24, 2.45) is 11.8 Å². The van der Waals surface area contributed by atoms with Gasteiger partial charge in [-0.1, -0.05) is 26.0 Å². The van der Waals surface area contributed by atoms with Gasteiger partial charge in [0, 0.05) is 24.0 Å². The number of anilines is 1. The fourth-order valence-corrected chi connectivity index (χ4v) is 3.11. The van der Waals surface area contributed by atoms with E-state index in [4.69, 9.17) is 0 Å². The maximum atomic E-state index is 12.6. The molecule has 2 aromatic rings. The molecule has 1 aromatic heterocycles. The number of rotatable bonds is 7. The number of carbonyl (C=O) groups is 2. The van der Waals surface area contributed by atoms with Gasteiger partial charge in [-0.15, -0.1) is 0 Å². The number of aromatic nitrogens is 1. The van der Waals surface area contributed by atoms with E-state index < -0.39 is 0 Å². The van der Waals surface area contributed by atoms with Crippen molar-refractivity contribution in [1.29, 1.82) is 0 Å². The molecular formula is C22H28N4O2. The fraction of sp³-hybridized carbons (Fsp3) is 0.409. The van der Waals surface area contributed by atoms with E-state index in [0.29, 0.717) is 29.6 Å². The van der Waals surface area contributed by atoms with Gasteiger partial charge in [0.2, 0.25) is 0 Å². The molecule has 1 atom stereocenters. The zero-order valence-corrected chi connectivity index (χ0v) is 16.7. The van der Waals surface area contributed by atoms with E-state index in [9.17, 15) is 9.59 Å². The zero-order valence-electron chi connectivity index (χ0n) is 16.7. The third kappa shape index (κ3) is 5.31. The second kappa shape index (κ2) is 8.87. The number of nitrogens with one attached hydrogen (secondary N) is 3. The van der Waals surface area contributed by atoms with E-state index in [0.717, 1.165) is 24.1 Å². The summed E-state index contributed by atoms with van der Waals surface area (Å²) in [5.74, 6) is 0.663. The van der Waals surface area contributed by atoms with Crippen molar-refractivity contribution in [2.45, 2.75) is 39.7 Å². The average Bonchev–Trinajstić information content (AvgIpc) is 3.50. The lowest BCUT2D eigenvalue weighted by Gasteiger charge is -2.20. The molecule has 28 heavy (non-hydrogen) atoms. The van der Waals surface area contributed by atoms with Crippen LogP contribution in [0.25, 0.3) is 0 Å². The maximum absolute atomic E-state index is 12.6. The highest BCUT2D eigenvalue weighted by Crippen LogP contribution is 2.41. The minimum absolute atomic E-state index is 0.0984. The smallest absolute Gasteiger partial charge is 0.319 e. The van der Waals surface area contributed by atoms with Crippen LogP contribution in [-0.2, 0) is 0 Å². The highest BCUT2D eigenvalue weighted by molar-refractivity contribution is 5.96. The molecule has 0 spiro atoms. The molecule has 3 N–H and O–H groups in total. The van der Waals surface area contributed by atoms with E-state index in [1.807, 2.05) is 32.9 Å². The summed E-state index contributed by atoms with van der Waals surface area (Å²) in [6.45, 7) is 6.71. The van der Waals surface area contributed by atoms with E-state index in [1.54, 1.807) is 30.5 Å². The first-order valence-corrected chi connectivity index (χ1v) is 9.81. The van der Waals surface area contributed by atoms with Crippen molar-refractivity contribution in [1.82, 2.24) is 15.6 Å². The van der Waals surface area contributed by atoms with Gasteiger partial charge in [0.1, 0.15) is 0 Å². The molecule has 6 heteroatoms. The number of pyridine rings is 1. The van der Waals surface area contributed by atoms with Crippen molar-refractivity contribution in [3.05, 3.63) is 59.4 Å². The Morgan fingerprint density at radius 2 is 1.96 bits per heavy atom. The molecule has 6 nitrogen and oxygen atoms in total. The minimum Gasteiger partial charge on any atom is -0.352 e. The molecule has 0 aliphatic heterocycles. The Bertz CT molecular complexity index is 846. The van der Waals surface area contributed by atoms with Crippen molar-refractivity contribution < 1.29 is 9.59 Å². The standard InChI is InChI=1S/C22H28N4O2/c1-14(2)13-24-21(27)17-7-4-8-18(12-17)25-22(28)26-20(16-9-10-16)19-15(3)6-5-11-23-19/h4-8,11-12,14,16,20H,9-10,13H2,1-3H3,(H,24,27)(H2,25,26,28)/t20-/m1/s1. The molecular weight excluding hydrogens is 352 g/mol. The van der Waals surface area contributed by atoms with Crippen LogP contribution in [0.15, 0.2) is 42.6 Å². The Morgan fingerprint density at radius 1 is 1.18 bits per heavy atom. The predicted molar refractivity (Wildman–Crippen MR) is 110 cm³/mol. The Kier molecular flexibility index (Phi) is 6.29. The van der Waals surface area contributed by atoms with Crippen LogP contribution in [0.4, 0.5) is 10.5 Å². The summed E-state index contributed by atoms with van der Waals surface area (Å²) in [7, 11) is 0. The van der Waals surface area contributed by atoms with Gasteiger partial charge in [-0.3, -0.25) is 9.78 Å². The molecule has 1 aliphatic rings. The van der Waals surface area contributed by atoms with E-state index in [-0.39, 0.29) is 18.0 Å². The lowest BCUT2D eigenvalue weighted by molar-refractivity contribution is 0.0949. The molecule has 0 bridgehead atoms. The number of amides is 3. The first-order valence-electron chi connectivity index (χ1n) is 9.81. The van der Waals surface area contributed by atoms with Crippen LogP contribution in [0.1, 0.15) is 54.3 Å². The SMILES string of the molecule is Cc1cccnc1[C@H](NC(=O)Nc1cccc(C(=O)NCC(C)C)c1)C1CC1. The summed E-state index contributed by atoms with van der Waals surface area (Å²) in [6.07, 6.45) is 3.94. The summed E-state index contributed by atoms with van der Waals surface area (Å²) in [6, 6.07) is 10.5. The van der Waals surface area contributed by atoms with Gasteiger partial charge in [0.25, 0.3) is 5.91 Å². The lowest BCUT2D eigenvalue weighted by Crippen LogP contribution is -2.34. The van der Waals surface area contributed by atoms with Gasteiger partial charge in [-0.25, -0.2) is 4.79 Å². The van der Waals surface area contributed by atoms with Crippen LogP contribution in [-0.4, -0.2) is 23.5 Å². The van der Waals surface area contributed by atoms with E-state index in [2.05, 4.69) is 20.9 Å². The van der Waals surface area contributed by atoms with Gasteiger partial charge in [-0.05, 0) is 61.4 Å². The van der Waals surface area contributed by atoms with Crippen LogP contribution in [0.3, 0.4) is 0 Å². The molecule has 1 saturated carbocycles. The van der Waals surface area contributed by atoms with Crippen LogP contribution in [0.2, 0.25) is 0 Å². The van der Waals surface area contributed by atoms with Crippen molar-refractivity contribution in [3.8, 4) is 0 Å². The van der Waals surface area contributed by atoms with Gasteiger partial charge in [-0.2, -0.15) is 0 Å². The molecule has 1 aliphatic carbocycles. The monoisotopic (exact) mass is 380 g/mol. The normalized spacial score (nSPS) is 14.4. The van der Waals surface area contributed by atoms with Crippen LogP contribution in [0, 0.1) is 18.8 Å². The number of benzene rings is 1. The quantitative estimate of drug-likeness (QED) is 0.678. The van der Waals surface area contributed by atoms with E-state index >= 15 is 0 Å². The Balaban J connectivity index is 1.65.